The fraction of sp³-hybridized carbons (Fsp3) is 0.615. The lowest BCUT2D eigenvalue weighted by Crippen LogP contribution is -2.64. The first kappa shape index (κ1) is 10.8. The molecule has 0 saturated carbocycles. The molecule has 4 nitrogen and oxygen atoms in total. The molecule has 1 aromatic heterocycles. The zero-order valence-electron chi connectivity index (χ0n) is 10.4. The van der Waals surface area contributed by atoms with Crippen LogP contribution in [0.5, 0.6) is 0 Å². The van der Waals surface area contributed by atoms with Crippen molar-refractivity contribution in [1.29, 1.82) is 0 Å². The zero-order valence-corrected chi connectivity index (χ0v) is 11.2. The molecule has 0 unspecified atom stereocenters. The van der Waals surface area contributed by atoms with Crippen LogP contribution in [-0.2, 0) is 0 Å². The number of piperidine rings is 3. The lowest BCUT2D eigenvalue weighted by Gasteiger charge is -2.52. The van der Waals surface area contributed by atoms with Crippen LogP contribution < -0.4 is 10.6 Å². The van der Waals surface area contributed by atoms with Crippen molar-refractivity contribution in [2.45, 2.75) is 24.8 Å². The van der Waals surface area contributed by atoms with Crippen molar-refractivity contribution >= 4 is 16.5 Å². The summed E-state index contributed by atoms with van der Waals surface area (Å²) in [4.78, 5) is 6.88. The first-order chi connectivity index (χ1) is 8.84. The summed E-state index contributed by atoms with van der Waals surface area (Å²) < 4.78 is 0. The van der Waals surface area contributed by atoms with E-state index in [1.807, 2.05) is 11.6 Å². The van der Waals surface area contributed by atoms with E-state index in [0.29, 0.717) is 5.54 Å². The number of nitrogens with zero attached hydrogens (tertiary/aromatic N) is 2. The summed E-state index contributed by atoms with van der Waals surface area (Å²) in [6.07, 6.45) is 8.01. The Morgan fingerprint density at radius 3 is 3.00 bits per heavy atom. The molecule has 5 heteroatoms. The second kappa shape index (κ2) is 3.96. The number of thiazole rings is 1. The van der Waals surface area contributed by atoms with Crippen molar-refractivity contribution in [3.8, 4) is 0 Å². The van der Waals surface area contributed by atoms with Gasteiger partial charge in [0, 0.05) is 18.1 Å². The smallest absolute Gasteiger partial charge is 0.188 e. The van der Waals surface area contributed by atoms with Gasteiger partial charge in [0.15, 0.2) is 5.13 Å². The molecule has 4 aliphatic heterocycles. The number of hydrogen-bond acceptors (Lipinski definition) is 5. The number of aromatic nitrogens is 1. The minimum atomic E-state index is 0.302. The van der Waals surface area contributed by atoms with Crippen molar-refractivity contribution in [2.24, 2.45) is 5.92 Å². The topological polar surface area (TPSA) is 40.2 Å². The van der Waals surface area contributed by atoms with Crippen LogP contribution in [0.3, 0.4) is 0 Å². The molecular weight excluding hydrogens is 244 g/mol. The first-order valence-corrected chi connectivity index (χ1v) is 7.59. The minimum Gasteiger partial charge on any atom is -0.365 e. The third kappa shape index (κ3) is 1.65. The second-order valence-corrected chi connectivity index (χ2v) is 6.51. The Hall–Kier alpha value is -1.07. The van der Waals surface area contributed by atoms with Crippen LogP contribution in [0.4, 0.5) is 5.13 Å². The van der Waals surface area contributed by atoms with Gasteiger partial charge in [-0.15, -0.1) is 11.3 Å². The van der Waals surface area contributed by atoms with Crippen molar-refractivity contribution in [2.75, 3.05) is 25.0 Å². The highest BCUT2D eigenvalue weighted by atomic mass is 32.1. The molecule has 0 amide bonds. The Balaban J connectivity index is 1.48. The van der Waals surface area contributed by atoms with E-state index in [0.717, 1.165) is 23.3 Å². The van der Waals surface area contributed by atoms with Gasteiger partial charge < -0.3 is 15.5 Å². The Labute approximate surface area is 111 Å². The van der Waals surface area contributed by atoms with Crippen LogP contribution in [0.2, 0.25) is 0 Å². The Bertz CT molecular complexity index is 461. The average Bonchev–Trinajstić information content (AvgIpc) is 3.02. The third-order valence-corrected chi connectivity index (χ3v) is 5.29. The van der Waals surface area contributed by atoms with E-state index in [4.69, 9.17) is 0 Å². The summed E-state index contributed by atoms with van der Waals surface area (Å²) in [5, 5.41) is 10.1. The quantitative estimate of drug-likeness (QED) is 0.853. The molecule has 2 N–H and O–H groups in total. The largest absolute Gasteiger partial charge is 0.365 e. The zero-order chi connectivity index (χ0) is 12.0. The molecule has 96 valence electrons. The summed E-state index contributed by atoms with van der Waals surface area (Å²) in [5.41, 5.74) is 0.302. The molecule has 1 aromatic rings. The van der Waals surface area contributed by atoms with Gasteiger partial charge in [0.2, 0.25) is 0 Å². The van der Waals surface area contributed by atoms with E-state index < -0.39 is 0 Å². The van der Waals surface area contributed by atoms with E-state index in [-0.39, 0.29) is 0 Å². The van der Waals surface area contributed by atoms with Gasteiger partial charge in [0.25, 0.3) is 0 Å². The van der Waals surface area contributed by atoms with Crippen LogP contribution in [0.15, 0.2) is 23.5 Å². The van der Waals surface area contributed by atoms with E-state index in [1.165, 1.54) is 32.5 Å². The molecule has 0 aromatic carbocycles. The lowest BCUT2D eigenvalue weighted by molar-refractivity contribution is 0.0189. The van der Waals surface area contributed by atoms with Crippen molar-refractivity contribution < 1.29 is 0 Å². The maximum absolute atomic E-state index is 4.28. The molecule has 3 fully saturated rings. The maximum atomic E-state index is 4.28. The molecular formula is C13H18N4S. The van der Waals surface area contributed by atoms with E-state index >= 15 is 0 Å². The Morgan fingerprint density at radius 1 is 1.44 bits per heavy atom. The SMILES string of the molecule is C1=C(Nc2nccs2)N[C@]2(C1)CN1CCC2CC1. The van der Waals surface area contributed by atoms with E-state index in [2.05, 4.69) is 26.6 Å². The normalized spacial score (nSPS) is 37.7. The van der Waals surface area contributed by atoms with Gasteiger partial charge in [0.1, 0.15) is 5.82 Å². The summed E-state index contributed by atoms with van der Waals surface area (Å²) in [6, 6.07) is 0. The van der Waals surface area contributed by atoms with Crippen LogP contribution in [0.1, 0.15) is 19.3 Å². The van der Waals surface area contributed by atoms with Gasteiger partial charge in [-0.05, 0) is 44.3 Å². The van der Waals surface area contributed by atoms with Gasteiger partial charge in [-0.2, -0.15) is 0 Å². The Kier molecular flexibility index (Phi) is 2.38. The average molecular weight is 262 g/mol. The number of anilines is 1. The van der Waals surface area contributed by atoms with Crippen molar-refractivity contribution in [1.82, 2.24) is 15.2 Å². The summed E-state index contributed by atoms with van der Waals surface area (Å²) >= 11 is 1.65. The summed E-state index contributed by atoms with van der Waals surface area (Å²) in [6.45, 7) is 3.80. The second-order valence-electron chi connectivity index (χ2n) is 5.62. The van der Waals surface area contributed by atoms with E-state index in [9.17, 15) is 0 Å². The molecule has 3 saturated heterocycles. The highest BCUT2D eigenvalue weighted by Gasteiger charge is 2.48. The summed E-state index contributed by atoms with van der Waals surface area (Å²) in [7, 11) is 0. The molecule has 5 rings (SSSR count). The molecule has 18 heavy (non-hydrogen) atoms. The standard InChI is InChI=1S/C13H18N4S/c1-4-13(9-17-6-2-10(13)3-7-17)16-11(1)15-12-14-5-8-18-12/h1,5,8,10,16H,2-4,6-7,9H2,(H,14,15)/t13-/m1/s1. The fourth-order valence-electron chi connectivity index (χ4n) is 3.68. The number of nitrogens with one attached hydrogen (secondary N) is 2. The van der Waals surface area contributed by atoms with Crippen molar-refractivity contribution in [3.05, 3.63) is 23.5 Å². The van der Waals surface area contributed by atoms with Gasteiger partial charge in [-0.3, -0.25) is 0 Å². The molecule has 1 spiro atoms. The number of hydrogen-bond donors (Lipinski definition) is 2. The number of rotatable bonds is 2. The molecule has 0 radical (unpaired) electrons. The Morgan fingerprint density at radius 2 is 2.33 bits per heavy atom. The van der Waals surface area contributed by atoms with Gasteiger partial charge >= 0.3 is 0 Å². The first-order valence-electron chi connectivity index (χ1n) is 6.71. The predicted molar refractivity (Wildman–Crippen MR) is 73.5 cm³/mol. The van der Waals surface area contributed by atoms with Crippen LogP contribution in [0.25, 0.3) is 0 Å². The summed E-state index contributed by atoms with van der Waals surface area (Å²) in [5.74, 6) is 1.99. The number of fused-ring (bicyclic) bond motifs is 2. The highest BCUT2D eigenvalue weighted by Crippen LogP contribution is 2.41. The van der Waals surface area contributed by atoms with Gasteiger partial charge in [-0.1, -0.05) is 0 Å². The maximum Gasteiger partial charge on any atom is 0.188 e. The third-order valence-electron chi connectivity index (χ3n) is 4.60. The molecule has 2 bridgehead atoms. The molecule has 4 aliphatic rings. The highest BCUT2D eigenvalue weighted by molar-refractivity contribution is 7.13. The molecule has 5 heterocycles. The monoisotopic (exact) mass is 262 g/mol. The fourth-order valence-corrected chi connectivity index (χ4v) is 4.22. The van der Waals surface area contributed by atoms with Crippen LogP contribution >= 0.6 is 11.3 Å². The lowest BCUT2D eigenvalue weighted by atomic mass is 9.72. The van der Waals surface area contributed by atoms with E-state index in [1.54, 1.807) is 11.3 Å². The molecule has 1 atom stereocenters. The van der Waals surface area contributed by atoms with Gasteiger partial charge in [-0.25, -0.2) is 4.98 Å². The minimum absolute atomic E-state index is 0.302. The van der Waals surface area contributed by atoms with Gasteiger partial charge in [0.05, 0.1) is 5.54 Å². The molecule has 0 aliphatic carbocycles. The van der Waals surface area contributed by atoms with Crippen LogP contribution in [0, 0.1) is 5.92 Å². The predicted octanol–water partition coefficient (Wildman–Crippen LogP) is 1.85. The van der Waals surface area contributed by atoms with Crippen molar-refractivity contribution in [3.63, 3.8) is 0 Å². The van der Waals surface area contributed by atoms with Crippen LogP contribution in [-0.4, -0.2) is 35.1 Å².